The summed E-state index contributed by atoms with van der Waals surface area (Å²) < 4.78 is 30.8. The molecule has 1 atom stereocenters. The van der Waals surface area contributed by atoms with Gasteiger partial charge in [0.05, 0.1) is 22.4 Å². The number of carbonyl (C=O) groups is 2. The van der Waals surface area contributed by atoms with Crippen LogP contribution in [-0.2, 0) is 21.3 Å². The van der Waals surface area contributed by atoms with Gasteiger partial charge in [-0.3, -0.25) is 14.1 Å². The van der Waals surface area contributed by atoms with E-state index >= 15 is 0 Å². The molecule has 0 aromatic heterocycles. The Morgan fingerprint density at radius 3 is 2.09 bits per heavy atom. The summed E-state index contributed by atoms with van der Waals surface area (Å²) in [4.78, 5) is 26.3. The molecule has 46 heavy (non-hydrogen) atoms. The van der Waals surface area contributed by atoms with Crippen LogP contribution in [0.5, 0.6) is 0 Å². The van der Waals surface area contributed by atoms with Crippen LogP contribution < -0.4 is 10.6 Å². The first-order valence-electron chi connectivity index (χ1n) is 14.6. The number of nitrogens with one attached hydrogen (secondary N) is 2. The Morgan fingerprint density at radius 2 is 1.50 bits per heavy atom. The Morgan fingerprint density at radius 1 is 0.870 bits per heavy atom. The van der Waals surface area contributed by atoms with Crippen molar-refractivity contribution in [3.63, 3.8) is 0 Å². The van der Waals surface area contributed by atoms with Gasteiger partial charge >= 0.3 is 0 Å². The zero-order valence-electron chi connectivity index (χ0n) is 25.8. The van der Waals surface area contributed by atoms with Gasteiger partial charge in [0.2, 0.25) is 5.91 Å². The van der Waals surface area contributed by atoms with Gasteiger partial charge < -0.3 is 10.6 Å². The molecule has 10 heteroatoms. The third kappa shape index (κ3) is 10.6. The Hall–Kier alpha value is -3.95. The summed E-state index contributed by atoms with van der Waals surface area (Å²) in [5.41, 5.74) is 5.31. The lowest BCUT2D eigenvalue weighted by Gasteiger charge is -2.19. The predicted octanol–water partition coefficient (Wildman–Crippen LogP) is 8.30. The fraction of sp³-hybridized carbons (Fsp3) is 0.222. The molecule has 0 saturated carbocycles. The number of anilines is 1. The number of amides is 2. The van der Waals surface area contributed by atoms with Crippen LogP contribution in [0.1, 0.15) is 53.7 Å². The third-order valence-electron chi connectivity index (χ3n) is 7.14. The molecule has 4 aromatic carbocycles. The first-order chi connectivity index (χ1) is 21.7. The summed E-state index contributed by atoms with van der Waals surface area (Å²) in [5, 5.41) is 6.50. The van der Waals surface area contributed by atoms with E-state index in [1.165, 1.54) is 0 Å². The van der Waals surface area contributed by atoms with Gasteiger partial charge in [-0.05, 0) is 76.1 Å². The number of rotatable bonds is 11. The van der Waals surface area contributed by atoms with E-state index in [1.54, 1.807) is 48.5 Å². The quantitative estimate of drug-likeness (QED) is 0.138. The van der Waals surface area contributed by atoms with Crippen molar-refractivity contribution in [3.8, 4) is 11.1 Å². The summed E-state index contributed by atoms with van der Waals surface area (Å²) in [7, 11) is -4.18. The van der Waals surface area contributed by atoms with Gasteiger partial charge in [-0.1, -0.05) is 111 Å². The van der Waals surface area contributed by atoms with Crippen molar-refractivity contribution < 1.29 is 22.6 Å². The maximum Gasteiger partial charge on any atom is 0.266 e. The molecule has 0 heterocycles. The minimum Gasteiger partial charge on any atom is -0.351 e. The second-order valence-corrected chi connectivity index (χ2v) is 14.5. The molecular weight excluding hydrogens is 643 g/mol. The van der Waals surface area contributed by atoms with E-state index in [9.17, 15) is 18.0 Å². The Bertz CT molecular complexity index is 1810. The number of allylic oxidation sites excluding steroid dienone is 1. The monoisotopic (exact) mass is 678 g/mol. The molecular formula is C36H36Cl2N2O5S. The number of benzene rings is 4. The summed E-state index contributed by atoms with van der Waals surface area (Å²) in [5.74, 6) is -1.87. The van der Waals surface area contributed by atoms with E-state index in [-0.39, 0.29) is 17.9 Å². The second kappa shape index (κ2) is 15.1. The van der Waals surface area contributed by atoms with Crippen LogP contribution in [0.2, 0.25) is 10.0 Å². The standard InChI is InChI=1S/C36H36Cl2N2O5S/c1-36(2,3)19-18-24-4-8-27(9-5-24)31(22-25-6-10-28(11-7-25)34(41)39-20-21-46(43,44)45)35(42)40-33-17-14-29(23-32(33)38)26-12-15-30(37)16-13-26/h4-19,23,31H,20-22H2,1-3H3,(H,39,41)(H,40,42)(H,43,44,45). The molecule has 1 unspecified atom stereocenters. The first kappa shape index (κ1) is 34.9. The Balaban J connectivity index is 1.56. The molecule has 4 aromatic rings. The highest BCUT2D eigenvalue weighted by Crippen LogP contribution is 2.31. The molecule has 0 fully saturated rings. The summed E-state index contributed by atoms with van der Waals surface area (Å²) in [6.45, 7) is 6.16. The van der Waals surface area contributed by atoms with Crippen molar-refractivity contribution in [3.05, 3.63) is 129 Å². The van der Waals surface area contributed by atoms with E-state index in [2.05, 4.69) is 43.6 Å². The van der Waals surface area contributed by atoms with Gasteiger partial charge in [0.1, 0.15) is 0 Å². The molecule has 0 aliphatic carbocycles. The van der Waals surface area contributed by atoms with Gasteiger partial charge in [0, 0.05) is 17.1 Å². The largest absolute Gasteiger partial charge is 0.351 e. The van der Waals surface area contributed by atoms with Crippen LogP contribution >= 0.6 is 23.2 Å². The molecule has 240 valence electrons. The van der Waals surface area contributed by atoms with Crippen LogP contribution in [0, 0.1) is 5.41 Å². The van der Waals surface area contributed by atoms with Gasteiger partial charge in [0.25, 0.3) is 16.0 Å². The number of hydrogen-bond donors (Lipinski definition) is 3. The topological polar surface area (TPSA) is 113 Å². The first-order valence-corrected chi connectivity index (χ1v) is 17.0. The van der Waals surface area contributed by atoms with Crippen molar-refractivity contribution in [2.45, 2.75) is 33.1 Å². The zero-order valence-corrected chi connectivity index (χ0v) is 28.1. The molecule has 7 nitrogen and oxygen atoms in total. The Kier molecular flexibility index (Phi) is 11.5. The maximum absolute atomic E-state index is 13.8. The molecule has 0 aliphatic rings. The highest BCUT2D eigenvalue weighted by atomic mass is 35.5. The van der Waals surface area contributed by atoms with E-state index in [0.29, 0.717) is 27.7 Å². The maximum atomic E-state index is 13.8. The normalized spacial score (nSPS) is 12.6. The highest BCUT2D eigenvalue weighted by Gasteiger charge is 2.23. The smallest absolute Gasteiger partial charge is 0.266 e. The fourth-order valence-corrected chi connectivity index (χ4v) is 5.34. The zero-order chi connectivity index (χ0) is 33.5. The summed E-state index contributed by atoms with van der Waals surface area (Å²) >= 11 is 12.7. The van der Waals surface area contributed by atoms with Crippen LogP contribution in [0.15, 0.2) is 97.1 Å². The average molecular weight is 680 g/mol. The van der Waals surface area contributed by atoms with E-state index in [4.69, 9.17) is 27.8 Å². The van der Waals surface area contributed by atoms with Crippen LogP contribution in [0.4, 0.5) is 5.69 Å². The molecule has 0 radical (unpaired) electrons. The number of hydrogen-bond acceptors (Lipinski definition) is 4. The van der Waals surface area contributed by atoms with Crippen LogP contribution in [-0.4, -0.2) is 37.1 Å². The minimum atomic E-state index is -4.18. The van der Waals surface area contributed by atoms with Gasteiger partial charge in [-0.25, -0.2) is 0 Å². The number of halogens is 2. The molecule has 0 aliphatic heterocycles. The fourth-order valence-electron chi connectivity index (χ4n) is 4.63. The molecule has 0 saturated heterocycles. The van der Waals surface area contributed by atoms with Gasteiger partial charge in [0.15, 0.2) is 0 Å². The van der Waals surface area contributed by atoms with Crippen molar-refractivity contribution in [2.75, 3.05) is 17.6 Å². The second-order valence-electron chi connectivity index (χ2n) is 12.1. The van der Waals surface area contributed by atoms with Crippen molar-refractivity contribution >= 4 is 56.9 Å². The SMILES string of the molecule is CC(C)(C)C=Cc1ccc(C(Cc2ccc(C(=O)NCCS(=O)(=O)O)cc2)C(=O)Nc2ccc(-c3ccc(Cl)cc3)cc2Cl)cc1. The van der Waals surface area contributed by atoms with Gasteiger partial charge in [-0.2, -0.15) is 8.42 Å². The Labute approximate surface area is 280 Å². The van der Waals surface area contributed by atoms with Crippen molar-refractivity contribution in [2.24, 2.45) is 5.41 Å². The minimum absolute atomic E-state index is 0.0308. The predicted molar refractivity (Wildman–Crippen MR) is 187 cm³/mol. The average Bonchev–Trinajstić information content (AvgIpc) is 3.00. The lowest BCUT2D eigenvalue weighted by atomic mass is 9.89. The lowest BCUT2D eigenvalue weighted by molar-refractivity contribution is -0.117. The summed E-state index contributed by atoms with van der Waals surface area (Å²) in [6.07, 6.45) is 4.52. The lowest BCUT2D eigenvalue weighted by Crippen LogP contribution is -2.28. The molecule has 3 N–H and O–H groups in total. The molecule has 0 spiro atoms. The number of carbonyl (C=O) groups excluding carboxylic acids is 2. The van der Waals surface area contributed by atoms with Crippen LogP contribution in [0.25, 0.3) is 17.2 Å². The molecule has 0 bridgehead atoms. The van der Waals surface area contributed by atoms with Crippen molar-refractivity contribution in [1.29, 1.82) is 0 Å². The molecule has 4 rings (SSSR count). The molecule has 2 amide bonds. The third-order valence-corrected chi connectivity index (χ3v) is 8.42. The van der Waals surface area contributed by atoms with Gasteiger partial charge in [-0.15, -0.1) is 0 Å². The van der Waals surface area contributed by atoms with Crippen molar-refractivity contribution in [1.82, 2.24) is 5.32 Å². The van der Waals surface area contributed by atoms with E-state index in [1.807, 2.05) is 42.5 Å². The van der Waals surface area contributed by atoms with E-state index in [0.717, 1.165) is 27.8 Å². The van der Waals surface area contributed by atoms with Crippen LogP contribution in [0.3, 0.4) is 0 Å². The van der Waals surface area contributed by atoms with E-state index < -0.39 is 27.7 Å². The summed E-state index contributed by atoms with van der Waals surface area (Å²) in [6, 6.07) is 27.4. The highest BCUT2D eigenvalue weighted by molar-refractivity contribution is 7.85.